The van der Waals surface area contributed by atoms with Crippen molar-refractivity contribution in [1.82, 2.24) is 36.8 Å². The van der Waals surface area contributed by atoms with E-state index in [0.717, 1.165) is 35.6 Å². The maximum Gasteiger partial charge on any atom is 0.243 e. The lowest BCUT2D eigenvalue weighted by Crippen LogP contribution is -2.57. The number of amides is 7. The number of nitrogens with zero attached hydrogens (tertiary/aromatic N) is 1. The summed E-state index contributed by atoms with van der Waals surface area (Å²) in [6.45, 7) is 5.75. The van der Waals surface area contributed by atoms with Gasteiger partial charge in [0.15, 0.2) is 23.5 Å². The SMILES string of the molecule is COCCOCCCCCCC(=O)C[C@@H](Cc1ccc(O)cc1)C(=O)N[C@@H](Cc1ccc2ccccc2c1)C(=O)C[C@@H](CC(C)C)C(=O)N[C@@H](Cc1ccccc1)C(=O)C[C@@H](CCCNC(=N)N)C(=O)N1CCC[C@H]1C(=O)N[C@@H](CCCNC(=N)N)C(=O)N[C@@H](CC(N)=O)C(N)=O. The molecular formula is C71H101N13O13. The average Bonchev–Trinajstić information content (AvgIpc) is 1.82. The fourth-order valence-corrected chi connectivity index (χ4v) is 12.0. The minimum atomic E-state index is -1.50. The molecule has 528 valence electrons. The highest BCUT2D eigenvalue weighted by molar-refractivity contribution is 5.99. The zero-order valence-corrected chi connectivity index (χ0v) is 56.2. The van der Waals surface area contributed by atoms with Gasteiger partial charge in [0.25, 0.3) is 0 Å². The van der Waals surface area contributed by atoms with Crippen molar-refractivity contribution in [2.45, 2.75) is 166 Å². The van der Waals surface area contributed by atoms with Crippen molar-refractivity contribution in [3.05, 3.63) is 114 Å². The number of carbonyl (C=O) groups excluding carboxylic acids is 10. The van der Waals surface area contributed by atoms with Crippen LogP contribution >= 0.6 is 0 Å². The normalized spacial score (nSPS) is 15.0. The molecule has 97 heavy (non-hydrogen) atoms. The number of ether oxygens (including phenoxy) is 2. The van der Waals surface area contributed by atoms with Crippen LogP contribution in [-0.4, -0.2) is 157 Å². The van der Waals surface area contributed by atoms with Crippen molar-refractivity contribution in [1.29, 1.82) is 10.8 Å². The fraction of sp³-hybridized carbons (Fsp3) is 0.521. The van der Waals surface area contributed by atoms with Crippen molar-refractivity contribution < 1.29 is 62.5 Å². The Balaban J connectivity index is 1.42. The highest BCUT2D eigenvalue weighted by atomic mass is 16.5. The molecule has 4 aromatic carbocycles. The number of methoxy groups -OCH3 is 1. The van der Waals surface area contributed by atoms with E-state index in [1.807, 2.05) is 56.3 Å². The van der Waals surface area contributed by atoms with Crippen LogP contribution in [-0.2, 0) is 76.7 Å². The number of Topliss-reactive ketones (excluding diaryl/α,β-unsaturated/α-hetero) is 3. The molecule has 1 heterocycles. The Kier molecular flexibility index (Phi) is 33.6. The highest BCUT2D eigenvalue weighted by Crippen LogP contribution is 2.28. The van der Waals surface area contributed by atoms with Gasteiger partial charge >= 0.3 is 0 Å². The summed E-state index contributed by atoms with van der Waals surface area (Å²) in [5.41, 5.74) is 23.9. The van der Waals surface area contributed by atoms with Crippen LogP contribution in [0, 0.1) is 34.5 Å². The maximum absolute atomic E-state index is 15.2. The summed E-state index contributed by atoms with van der Waals surface area (Å²) in [5, 5.41) is 43.7. The van der Waals surface area contributed by atoms with Crippen molar-refractivity contribution in [3.8, 4) is 5.75 Å². The second kappa shape index (κ2) is 41.6. The number of phenolic OH excluding ortho intramolecular Hbond substituents is 1. The molecule has 0 spiro atoms. The summed E-state index contributed by atoms with van der Waals surface area (Å²) in [7, 11) is 1.61. The first-order valence-corrected chi connectivity index (χ1v) is 33.6. The monoisotopic (exact) mass is 1340 g/mol. The number of hydrogen-bond donors (Lipinski definition) is 13. The van der Waals surface area contributed by atoms with Gasteiger partial charge in [0.2, 0.25) is 41.4 Å². The molecule has 0 aliphatic carbocycles. The molecule has 0 unspecified atom stereocenters. The molecule has 0 bridgehead atoms. The molecule has 1 aliphatic heterocycles. The van der Waals surface area contributed by atoms with Crippen LogP contribution in [0.3, 0.4) is 0 Å². The number of fused-ring (bicyclic) bond motifs is 1. The molecule has 1 saturated heterocycles. The van der Waals surface area contributed by atoms with E-state index in [1.165, 1.54) is 17.0 Å². The Bertz CT molecular complexity index is 3280. The molecule has 8 atom stereocenters. The predicted molar refractivity (Wildman–Crippen MR) is 368 cm³/mol. The molecule has 17 N–H and O–H groups in total. The molecule has 0 aromatic heterocycles. The lowest BCUT2D eigenvalue weighted by Gasteiger charge is -2.30. The first kappa shape index (κ1) is 78.4. The van der Waals surface area contributed by atoms with Gasteiger partial charge in [-0.25, -0.2) is 0 Å². The molecule has 0 radical (unpaired) electrons. The summed E-state index contributed by atoms with van der Waals surface area (Å²) < 4.78 is 10.6. The van der Waals surface area contributed by atoms with E-state index in [0.29, 0.717) is 43.8 Å². The van der Waals surface area contributed by atoms with Gasteiger partial charge in [-0.15, -0.1) is 0 Å². The van der Waals surface area contributed by atoms with E-state index < -0.39 is 114 Å². The number of guanidine groups is 2. The number of carbonyl (C=O) groups is 10. The number of aromatic hydroxyl groups is 1. The van der Waals surface area contributed by atoms with Gasteiger partial charge in [-0.2, -0.15) is 0 Å². The molecule has 4 aromatic rings. The number of nitrogens with two attached hydrogens (primary N) is 4. The van der Waals surface area contributed by atoms with Crippen LogP contribution in [0.15, 0.2) is 97.1 Å². The van der Waals surface area contributed by atoms with Crippen molar-refractivity contribution in [2.24, 2.45) is 46.6 Å². The number of phenols is 1. The van der Waals surface area contributed by atoms with Crippen molar-refractivity contribution >= 4 is 81.4 Å². The summed E-state index contributed by atoms with van der Waals surface area (Å²) in [6.07, 6.45) is 3.15. The number of benzene rings is 4. The zero-order valence-electron chi connectivity index (χ0n) is 56.2. The number of likely N-dealkylation sites (tertiary alicyclic amines) is 1. The van der Waals surface area contributed by atoms with E-state index >= 15 is 19.2 Å². The molecule has 1 aliphatic rings. The van der Waals surface area contributed by atoms with E-state index in [4.69, 9.17) is 43.2 Å². The maximum atomic E-state index is 15.2. The van der Waals surface area contributed by atoms with Gasteiger partial charge in [0.05, 0.1) is 31.7 Å². The van der Waals surface area contributed by atoms with Gasteiger partial charge < -0.3 is 74.3 Å². The quantitative estimate of drug-likeness (QED) is 0.0170. The highest BCUT2D eigenvalue weighted by Gasteiger charge is 2.41. The van der Waals surface area contributed by atoms with Crippen molar-refractivity contribution in [2.75, 3.05) is 46.6 Å². The standard InChI is InChI=1S/C71H101N13O13/c1-45(2)36-52(43-62(88)58(40-48-24-27-49-18-10-11-19-50(49)38-48)82-66(92)53(37-47-25-28-54(85)29-26-47)41-55(86)21-9-4-5-12-33-97-35-34-96-3)65(91)81-57(39-46-16-7-6-8-17-46)61(87)42-51(20-13-30-78-70(74)75)69(95)84-32-15-23-60(84)68(94)80-56(22-14-31-79-71(76)77)67(93)83-59(64(73)90)44-63(72)89/h6-8,10-11,16-19,24-29,38,45,51-53,56-60,85H,4-5,9,12-15,20-23,30-37,39-44H2,1-3H3,(H2,72,89)(H2,73,90)(H,80,94)(H,81,91)(H,82,92)(H,83,93)(H4,74,75,78)(H4,76,77,79)/t51-,52-,53-,56+,57+,58+,59+,60+/m1/s1. The molecule has 0 saturated carbocycles. The van der Waals surface area contributed by atoms with Gasteiger partial charge in [-0.05, 0) is 123 Å². The fourth-order valence-electron chi connectivity index (χ4n) is 12.0. The molecule has 5 rings (SSSR count). The predicted octanol–water partition coefficient (Wildman–Crippen LogP) is 3.78. The smallest absolute Gasteiger partial charge is 0.243 e. The second-order valence-corrected chi connectivity index (χ2v) is 25.5. The lowest BCUT2D eigenvalue weighted by atomic mass is 9.86. The van der Waals surface area contributed by atoms with E-state index in [9.17, 15) is 33.9 Å². The van der Waals surface area contributed by atoms with Gasteiger partial charge in [0.1, 0.15) is 29.7 Å². The number of rotatable bonds is 46. The Hall–Kier alpha value is -9.30. The Labute approximate surface area is 568 Å². The van der Waals surface area contributed by atoms with Crippen LogP contribution in [0.1, 0.15) is 133 Å². The Morgan fingerprint density at radius 3 is 1.77 bits per heavy atom. The topological polar surface area (TPSA) is 437 Å². The third-order valence-corrected chi connectivity index (χ3v) is 17.1. The van der Waals surface area contributed by atoms with Gasteiger partial charge in [-0.3, -0.25) is 58.8 Å². The molecule has 26 heteroatoms. The van der Waals surface area contributed by atoms with E-state index in [1.54, 1.807) is 49.6 Å². The average molecular weight is 1340 g/mol. The zero-order chi connectivity index (χ0) is 70.8. The number of unbranched alkanes of at least 4 members (excludes halogenated alkanes) is 3. The van der Waals surface area contributed by atoms with Gasteiger partial charge in [-0.1, -0.05) is 112 Å². The lowest BCUT2D eigenvalue weighted by molar-refractivity contribution is -0.144. The molecule has 1 fully saturated rings. The van der Waals surface area contributed by atoms with Crippen LogP contribution in [0.4, 0.5) is 0 Å². The summed E-state index contributed by atoms with van der Waals surface area (Å²) in [5.74, 6) is -10.2. The second-order valence-electron chi connectivity index (χ2n) is 25.5. The third-order valence-electron chi connectivity index (χ3n) is 17.1. The van der Waals surface area contributed by atoms with Crippen LogP contribution in [0.5, 0.6) is 5.75 Å². The molecule has 26 nitrogen and oxygen atoms in total. The number of primary amides is 2. The summed E-state index contributed by atoms with van der Waals surface area (Å²) in [4.78, 5) is 143. The van der Waals surface area contributed by atoms with Gasteiger partial charge in [0, 0.05) is 76.8 Å². The summed E-state index contributed by atoms with van der Waals surface area (Å²) in [6, 6.07) is 22.4. The Morgan fingerprint density at radius 2 is 1.14 bits per heavy atom. The van der Waals surface area contributed by atoms with E-state index in [-0.39, 0.29) is 126 Å². The van der Waals surface area contributed by atoms with Crippen LogP contribution in [0.2, 0.25) is 0 Å². The largest absolute Gasteiger partial charge is 0.508 e. The molecular weight excluding hydrogens is 1240 g/mol. The summed E-state index contributed by atoms with van der Waals surface area (Å²) >= 11 is 0. The minimum Gasteiger partial charge on any atom is -0.508 e. The Morgan fingerprint density at radius 1 is 0.567 bits per heavy atom. The minimum absolute atomic E-state index is 0.0111. The number of hydrogen-bond acceptors (Lipinski definition) is 15. The van der Waals surface area contributed by atoms with Crippen molar-refractivity contribution in [3.63, 3.8) is 0 Å². The molecule has 7 amide bonds. The van der Waals surface area contributed by atoms with Crippen LogP contribution < -0.4 is 54.8 Å². The number of nitrogens with one attached hydrogen (secondary N) is 8. The van der Waals surface area contributed by atoms with Crippen LogP contribution in [0.25, 0.3) is 10.8 Å². The van der Waals surface area contributed by atoms with E-state index in [2.05, 4.69) is 31.9 Å². The first-order valence-electron chi connectivity index (χ1n) is 33.6. The number of ketones is 3. The first-order chi connectivity index (χ1) is 46.4. The third kappa shape index (κ3) is 28.5.